The fourth-order valence-electron chi connectivity index (χ4n) is 2.04. The van der Waals surface area contributed by atoms with Crippen molar-refractivity contribution in [3.63, 3.8) is 0 Å². The lowest BCUT2D eigenvalue weighted by atomic mass is 10.2. The minimum atomic E-state index is -0.429. The van der Waals surface area contributed by atoms with E-state index in [1.54, 1.807) is 4.90 Å². The van der Waals surface area contributed by atoms with E-state index in [0.29, 0.717) is 13.1 Å². The molecule has 0 saturated carbocycles. The molecule has 1 heterocycles. The van der Waals surface area contributed by atoms with Crippen molar-refractivity contribution in [3.8, 4) is 0 Å². The number of carbonyl (C=O) groups excluding carboxylic acids is 1. The van der Waals surface area contributed by atoms with Crippen molar-refractivity contribution < 1.29 is 9.53 Å². The molecular formula is C15H21N2O2. The van der Waals surface area contributed by atoms with E-state index in [-0.39, 0.29) is 6.09 Å². The summed E-state index contributed by atoms with van der Waals surface area (Å²) in [7, 11) is 0. The fourth-order valence-corrected chi connectivity index (χ4v) is 2.04. The molecule has 2 rings (SSSR count). The first kappa shape index (κ1) is 13.7. The molecule has 0 spiro atoms. The predicted molar refractivity (Wildman–Crippen MR) is 75.3 cm³/mol. The molecule has 1 aliphatic heterocycles. The first-order chi connectivity index (χ1) is 8.96. The monoisotopic (exact) mass is 261 g/mol. The average Bonchev–Trinajstić information content (AvgIpc) is 2.38. The number of piperazine rings is 1. The van der Waals surface area contributed by atoms with Crippen LogP contribution in [0.1, 0.15) is 20.8 Å². The van der Waals surface area contributed by atoms with Crippen LogP contribution >= 0.6 is 0 Å². The lowest BCUT2D eigenvalue weighted by Crippen LogP contribution is -2.50. The summed E-state index contributed by atoms with van der Waals surface area (Å²) in [5, 5.41) is 0. The SMILES string of the molecule is CC(C)(C)OC(=O)N1CCN(c2[c]cccc2)CC1. The van der Waals surface area contributed by atoms with E-state index in [1.165, 1.54) is 0 Å². The molecule has 1 amide bonds. The summed E-state index contributed by atoms with van der Waals surface area (Å²) in [6.45, 7) is 8.69. The van der Waals surface area contributed by atoms with Gasteiger partial charge < -0.3 is 14.5 Å². The molecule has 1 fully saturated rings. The van der Waals surface area contributed by atoms with E-state index in [0.717, 1.165) is 18.8 Å². The van der Waals surface area contributed by atoms with Crippen LogP contribution in [-0.4, -0.2) is 42.8 Å². The van der Waals surface area contributed by atoms with E-state index in [4.69, 9.17) is 4.74 Å². The normalized spacial score (nSPS) is 16.4. The summed E-state index contributed by atoms with van der Waals surface area (Å²) in [5.74, 6) is 0. The van der Waals surface area contributed by atoms with Crippen LogP contribution in [0.5, 0.6) is 0 Å². The molecule has 0 unspecified atom stereocenters. The summed E-state index contributed by atoms with van der Waals surface area (Å²) < 4.78 is 5.38. The summed E-state index contributed by atoms with van der Waals surface area (Å²) in [5.41, 5.74) is 0.660. The van der Waals surface area contributed by atoms with Gasteiger partial charge in [-0.2, -0.15) is 0 Å². The number of hydrogen-bond acceptors (Lipinski definition) is 3. The molecule has 0 aromatic heterocycles. The number of amides is 1. The molecule has 1 aromatic carbocycles. The zero-order valence-electron chi connectivity index (χ0n) is 11.8. The zero-order chi connectivity index (χ0) is 13.9. The van der Waals surface area contributed by atoms with Gasteiger partial charge in [0.15, 0.2) is 0 Å². The maximum absolute atomic E-state index is 11.9. The zero-order valence-corrected chi connectivity index (χ0v) is 11.8. The number of rotatable bonds is 1. The topological polar surface area (TPSA) is 32.8 Å². The standard InChI is InChI=1S/C15H21N2O2/c1-15(2,3)19-14(18)17-11-9-16(10-12-17)13-7-5-4-6-8-13/h4-7H,9-12H2,1-3H3. The lowest BCUT2D eigenvalue weighted by Gasteiger charge is -2.36. The van der Waals surface area contributed by atoms with Crippen molar-refractivity contribution in [1.29, 1.82) is 0 Å². The van der Waals surface area contributed by atoms with Crippen molar-refractivity contribution in [2.24, 2.45) is 0 Å². The number of carbonyl (C=O) groups is 1. The molecule has 0 bridgehead atoms. The van der Waals surface area contributed by atoms with Gasteiger partial charge in [-0.15, -0.1) is 0 Å². The second-order valence-corrected chi connectivity index (χ2v) is 5.70. The molecule has 0 atom stereocenters. The molecule has 0 N–H and O–H groups in total. The van der Waals surface area contributed by atoms with Gasteiger partial charge in [-0.1, -0.05) is 18.2 Å². The molecule has 1 radical (unpaired) electrons. The van der Waals surface area contributed by atoms with Crippen LogP contribution in [0.25, 0.3) is 0 Å². The van der Waals surface area contributed by atoms with Crippen LogP contribution in [0.4, 0.5) is 10.5 Å². The predicted octanol–water partition coefficient (Wildman–Crippen LogP) is 2.54. The molecular weight excluding hydrogens is 240 g/mol. The van der Waals surface area contributed by atoms with Crippen LogP contribution in [0.3, 0.4) is 0 Å². The van der Waals surface area contributed by atoms with Gasteiger partial charge in [-0.3, -0.25) is 0 Å². The van der Waals surface area contributed by atoms with Gasteiger partial charge in [0.25, 0.3) is 0 Å². The number of para-hydroxylation sites is 1. The first-order valence-electron chi connectivity index (χ1n) is 6.65. The Morgan fingerprint density at radius 1 is 1.21 bits per heavy atom. The maximum atomic E-state index is 11.9. The third-order valence-electron chi connectivity index (χ3n) is 2.96. The van der Waals surface area contributed by atoms with Crippen LogP contribution in [0, 0.1) is 6.07 Å². The molecule has 1 saturated heterocycles. The number of ether oxygens (including phenoxy) is 1. The molecule has 103 valence electrons. The molecule has 1 aromatic rings. The van der Waals surface area contributed by atoms with Crippen LogP contribution in [0.15, 0.2) is 24.3 Å². The molecule has 0 aliphatic carbocycles. The lowest BCUT2D eigenvalue weighted by molar-refractivity contribution is 0.0240. The van der Waals surface area contributed by atoms with Crippen molar-refractivity contribution >= 4 is 11.8 Å². The number of benzene rings is 1. The van der Waals surface area contributed by atoms with E-state index >= 15 is 0 Å². The van der Waals surface area contributed by atoms with Crippen LogP contribution in [0.2, 0.25) is 0 Å². The summed E-state index contributed by atoms with van der Waals surface area (Å²) >= 11 is 0. The molecule has 19 heavy (non-hydrogen) atoms. The Kier molecular flexibility index (Phi) is 3.98. The largest absolute Gasteiger partial charge is 0.444 e. The third kappa shape index (κ3) is 3.88. The van der Waals surface area contributed by atoms with E-state index < -0.39 is 5.60 Å². The Bertz CT molecular complexity index is 418. The summed E-state index contributed by atoms with van der Waals surface area (Å²) in [6, 6.07) is 11.1. The van der Waals surface area contributed by atoms with E-state index in [9.17, 15) is 4.79 Å². The smallest absolute Gasteiger partial charge is 0.410 e. The summed E-state index contributed by atoms with van der Waals surface area (Å²) in [6.07, 6.45) is -0.218. The van der Waals surface area contributed by atoms with Gasteiger partial charge in [0.2, 0.25) is 0 Å². The van der Waals surface area contributed by atoms with Gasteiger partial charge in [0.05, 0.1) is 0 Å². The highest BCUT2D eigenvalue weighted by Crippen LogP contribution is 2.16. The van der Waals surface area contributed by atoms with Crippen molar-refractivity contribution in [3.05, 3.63) is 30.3 Å². The maximum Gasteiger partial charge on any atom is 0.410 e. The summed E-state index contributed by atoms with van der Waals surface area (Å²) in [4.78, 5) is 15.9. The number of hydrogen-bond donors (Lipinski definition) is 0. The van der Waals surface area contributed by atoms with Gasteiger partial charge in [0, 0.05) is 37.9 Å². The first-order valence-corrected chi connectivity index (χ1v) is 6.65. The van der Waals surface area contributed by atoms with E-state index in [2.05, 4.69) is 11.0 Å². The molecule has 4 nitrogen and oxygen atoms in total. The highest BCUT2D eigenvalue weighted by Gasteiger charge is 2.25. The van der Waals surface area contributed by atoms with E-state index in [1.807, 2.05) is 45.0 Å². The Morgan fingerprint density at radius 3 is 2.42 bits per heavy atom. The number of anilines is 1. The van der Waals surface area contributed by atoms with Crippen LogP contribution in [-0.2, 0) is 4.74 Å². The van der Waals surface area contributed by atoms with Crippen molar-refractivity contribution in [2.75, 3.05) is 31.1 Å². The molecule has 1 aliphatic rings. The minimum absolute atomic E-state index is 0.218. The average molecular weight is 261 g/mol. The number of nitrogens with zero attached hydrogens (tertiary/aromatic N) is 2. The minimum Gasteiger partial charge on any atom is -0.444 e. The Balaban J connectivity index is 1.88. The van der Waals surface area contributed by atoms with Crippen molar-refractivity contribution in [1.82, 2.24) is 4.90 Å². The van der Waals surface area contributed by atoms with Gasteiger partial charge in [0.1, 0.15) is 5.60 Å². The fraction of sp³-hybridized carbons (Fsp3) is 0.533. The highest BCUT2D eigenvalue weighted by molar-refractivity contribution is 5.68. The van der Waals surface area contributed by atoms with Crippen LogP contribution < -0.4 is 4.90 Å². The third-order valence-corrected chi connectivity index (χ3v) is 2.96. The van der Waals surface area contributed by atoms with Crippen molar-refractivity contribution in [2.45, 2.75) is 26.4 Å². The molecule has 4 heteroatoms. The Morgan fingerprint density at radius 2 is 1.89 bits per heavy atom. The second-order valence-electron chi connectivity index (χ2n) is 5.70. The second kappa shape index (κ2) is 5.51. The van der Waals surface area contributed by atoms with Gasteiger partial charge in [-0.25, -0.2) is 4.79 Å². The van der Waals surface area contributed by atoms with Gasteiger partial charge in [-0.05, 0) is 26.8 Å². The highest BCUT2D eigenvalue weighted by atomic mass is 16.6. The Hall–Kier alpha value is -1.71. The Labute approximate surface area is 115 Å². The van der Waals surface area contributed by atoms with Gasteiger partial charge >= 0.3 is 6.09 Å². The quantitative estimate of drug-likeness (QED) is 0.779.